The summed E-state index contributed by atoms with van der Waals surface area (Å²) >= 11 is 1.34. The van der Waals surface area contributed by atoms with Gasteiger partial charge >= 0.3 is 0 Å². The van der Waals surface area contributed by atoms with Gasteiger partial charge in [-0.05, 0) is 32.0 Å². The fourth-order valence-electron chi connectivity index (χ4n) is 2.10. The van der Waals surface area contributed by atoms with Crippen LogP contribution in [0.2, 0.25) is 0 Å². The highest BCUT2D eigenvalue weighted by molar-refractivity contribution is 7.13. The molecule has 7 nitrogen and oxygen atoms in total. The second-order valence-electron chi connectivity index (χ2n) is 5.51. The second-order valence-corrected chi connectivity index (χ2v) is 6.37. The number of nitrogens with one attached hydrogen (secondary N) is 2. The molecule has 2 amide bonds. The van der Waals surface area contributed by atoms with E-state index in [1.807, 2.05) is 19.9 Å². The maximum Gasteiger partial charge on any atom is 0.271 e. The van der Waals surface area contributed by atoms with Gasteiger partial charge in [0.2, 0.25) is 5.91 Å². The Hall–Kier alpha value is -2.61. The highest BCUT2D eigenvalue weighted by Crippen LogP contribution is 2.33. The third kappa shape index (κ3) is 4.93. The fraction of sp³-hybridized carbons (Fsp3) is 0.353. The van der Waals surface area contributed by atoms with Gasteiger partial charge in [0.15, 0.2) is 11.5 Å². The molecule has 1 heterocycles. The molecule has 0 unspecified atom stereocenters. The van der Waals surface area contributed by atoms with Crippen molar-refractivity contribution in [2.75, 3.05) is 20.8 Å². The van der Waals surface area contributed by atoms with E-state index in [9.17, 15) is 9.59 Å². The van der Waals surface area contributed by atoms with Gasteiger partial charge in [-0.1, -0.05) is 0 Å². The van der Waals surface area contributed by atoms with E-state index in [0.29, 0.717) is 16.5 Å². The zero-order chi connectivity index (χ0) is 18.4. The highest BCUT2D eigenvalue weighted by Gasteiger charge is 2.14. The number of nitrogens with zero attached hydrogens (tertiary/aromatic N) is 1. The van der Waals surface area contributed by atoms with Crippen LogP contribution in [-0.4, -0.2) is 43.6 Å². The first-order valence-electron chi connectivity index (χ1n) is 7.70. The molecule has 0 atom stereocenters. The third-order valence-electron chi connectivity index (χ3n) is 3.23. The summed E-state index contributed by atoms with van der Waals surface area (Å²) in [6.45, 7) is 3.63. The lowest BCUT2D eigenvalue weighted by atomic mass is 10.2. The van der Waals surface area contributed by atoms with Crippen molar-refractivity contribution in [3.05, 3.63) is 29.3 Å². The number of amides is 2. The maximum absolute atomic E-state index is 12.1. The molecule has 0 aliphatic heterocycles. The first kappa shape index (κ1) is 18.7. The van der Waals surface area contributed by atoms with Gasteiger partial charge in [-0.15, -0.1) is 11.3 Å². The van der Waals surface area contributed by atoms with Crippen molar-refractivity contribution in [1.29, 1.82) is 0 Å². The van der Waals surface area contributed by atoms with Gasteiger partial charge in [0.25, 0.3) is 5.91 Å². The summed E-state index contributed by atoms with van der Waals surface area (Å²) in [5.74, 6) is 0.587. The van der Waals surface area contributed by atoms with Crippen LogP contribution in [0, 0.1) is 0 Å². The Labute approximate surface area is 150 Å². The average Bonchev–Trinajstić information content (AvgIpc) is 3.08. The monoisotopic (exact) mass is 363 g/mol. The number of carbonyl (C=O) groups excluding carboxylic acids is 2. The molecular weight excluding hydrogens is 342 g/mol. The normalized spacial score (nSPS) is 10.4. The maximum atomic E-state index is 12.1. The minimum absolute atomic E-state index is 0.0281. The van der Waals surface area contributed by atoms with Crippen LogP contribution in [0.4, 0.5) is 0 Å². The summed E-state index contributed by atoms with van der Waals surface area (Å²) in [4.78, 5) is 28.0. The van der Waals surface area contributed by atoms with Crippen molar-refractivity contribution in [1.82, 2.24) is 15.6 Å². The van der Waals surface area contributed by atoms with Crippen LogP contribution in [0.25, 0.3) is 10.6 Å². The van der Waals surface area contributed by atoms with Crippen molar-refractivity contribution in [3.63, 3.8) is 0 Å². The second kappa shape index (κ2) is 8.48. The lowest BCUT2D eigenvalue weighted by Crippen LogP contribution is -2.39. The van der Waals surface area contributed by atoms with E-state index in [-0.39, 0.29) is 30.1 Å². The van der Waals surface area contributed by atoms with Crippen molar-refractivity contribution in [2.45, 2.75) is 19.9 Å². The van der Waals surface area contributed by atoms with E-state index in [1.54, 1.807) is 31.7 Å². The first-order chi connectivity index (χ1) is 11.9. The fourth-order valence-corrected chi connectivity index (χ4v) is 2.90. The largest absolute Gasteiger partial charge is 0.493 e. The van der Waals surface area contributed by atoms with Gasteiger partial charge in [-0.25, -0.2) is 4.98 Å². The number of aromatic nitrogens is 1. The third-order valence-corrected chi connectivity index (χ3v) is 4.12. The average molecular weight is 363 g/mol. The molecule has 0 saturated carbocycles. The number of hydrogen-bond donors (Lipinski definition) is 2. The molecule has 1 aromatic carbocycles. The predicted octanol–water partition coefficient (Wildman–Crippen LogP) is 2.08. The predicted molar refractivity (Wildman–Crippen MR) is 96.3 cm³/mol. The van der Waals surface area contributed by atoms with Gasteiger partial charge < -0.3 is 20.1 Å². The van der Waals surface area contributed by atoms with Crippen molar-refractivity contribution in [2.24, 2.45) is 0 Å². The summed E-state index contributed by atoms with van der Waals surface area (Å²) in [6, 6.07) is 5.46. The van der Waals surface area contributed by atoms with Crippen LogP contribution >= 0.6 is 11.3 Å². The zero-order valence-electron chi connectivity index (χ0n) is 14.6. The summed E-state index contributed by atoms with van der Waals surface area (Å²) < 4.78 is 10.5. The molecule has 25 heavy (non-hydrogen) atoms. The van der Waals surface area contributed by atoms with Gasteiger partial charge in [0.05, 0.1) is 20.8 Å². The van der Waals surface area contributed by atoms with Crippen LogP contribution in [-0.2, 0) is 4.79 Å². The Balaban J connectivity index is 2.06. The summed E-state index contributed by atoms with van der Waals surface area (Å²) in [5, 5.41) is 7.60. The van der Waals surface area contributed by atoms with E-state index in [4.69, 9.17) is 9.47 Å². The molecule has 0 radical (unpaired) electrons. The number of thiazole rings is 1. The minimum Gasteiger partial charge on any atom is -0.493 e. The number of methoxy groups -OCH3 is 2. The van der Waals surface area contributed by atoms with Crippen LogP contribution < -0.4 is 20.1 Å². The summed E-state index contributed by atoms with van der Waals surface area (Å²) in [7, 11) is 3.13. The van der Waals surface area contributed by atoms with Crippen LogP contribution in [0.15, 0.2) is 23.6 Å². The molecule has 0 fully saturated rings. The Morgan fingerprint density at radius 3 is 2.56 bits per heavy atom. The van der Waals surface area contributed by atoms with E-state index in [2.05, 4.69) is 15.6 Å². The van der Waals surface area contributed by atoms with Crippen molar-refractivity contribution < 1.29 is 19.1 Å². The molecule has 0 bridgehead atoms. The quantitative estimate of drug-likeness (QED) is 0.786. The minimum atomic E-state index is -0.387. The van der Waals surface area contributed by atoms with E-state index < -0.39 is 0 Å². The number of ether oxygens (including phenoxy) is 2. The summed E-state index contributed by atoms with van der Waals surface area (Å²) in [5.41, 5.74) is 1.09. The number of carbonyl (C=O) groups is 2. The first-order valence-corrected chi connectivity index (χ1v) is 8.58. The topological polar surface area (TPSA) is 89.5 Å². The van der Waals surface area contributed by atoms with E-state index in [0.717, 1.165) is 5.56 Å². The molecule has 2 N–H and O–H groups in total. The zero-order valence-corrected chi connectivity index (χ0v) is 15.4. The number of benzene rings is 1. The number of rotatable bonds is 7. The molecule has 0 aliphatic carbocycles. The highest BCUT2D eigenvalue weighted by atomic mass is 32.1. The Morgan fingerprint density at radius 1 is 1.20 bits per heavy atom. The smallest absolute Gasteiger partial charge is 0.271 e. The molecule has 0 aliphatic rings. The van der Waals surface area contributed by atoms with Crippen LogP contribution in [0.1, 0.15) is 24.3 Å². The van der Waals surface area contributed by atoms with Gasteiger partial charge in [0.1, 0.15) is 10.7 Å². The molecule has 2 rings (SSSR count). The Kier molecular flexibility index (Phi) is 6.35. The standard InChI is InChI=1S/C17H21N3O4S/c1-10(2)19-15(21)8-18-16(22)12-9-25-17(20-12)11-5-6-13(23-3)14(7-11)24-4/h5-7,9-10H,8H2,1-4H3,(H,18,22)(H,19,21). The summed E-state index contributed by atoms with van der Waals surface area (Å²) in [6.07, 6.45) is 0. The van der Waals surface area contributed by atoms with Crippen LogP contribution in [0.3, 0.4) is 0 Å². The molecule has 0 saturated heterocycles. The van der Waals surface area contributed by atoms with Crippen LogP contribution in [0.5, 0.6) is 11.5 Å². The number of hydrogen-bond acceptors (Lipinski definition) is 6. The van der Waals surface area contributed by atoms with Gasteiger partial charge in [-0.2, -0.15) is 0 Å². The Bertz CT molecular complexity index is 758. The van der Waals surface area contributed by atoms with Gasteiger partial charge in [0, 0.05) is 17.0 Å². The van der Waals surface area contributed by atoms with E-state index >= 15 is 0 Å². The Morgan fingerprint density at radius 2 is 1.92 bits per heavy atom. The van der Waals surface area contributed by atoms with Gasteiger partial charge in [-0.3, -0.25) is 9.59 Å². The molecular formula is C17H21N3O4S. The van der Waals surface area contributed by atoms with Crippen molar-refractivity contribution >= 4 is 23.2 Å². The molecule has 2 aromatic rings. The SMILES string of the molecule is COc1ccc(-c2nc(C(=O)NCC(=O)NC(C)C)cs2)cc1OC. The molecule has 134 valence electrons. The van der Waals surface area contributed by atoms with Crippen molar-refractivity contribution in [3.8, 4) is 22.1 Å². The van der Waals surface area contributed by atoms with E-state index in [1.165, 1.54) is 11.3 Å². The lowest BCUT2D eigenvalue weighted by molar-refractivity contribution is -0.120. The molecule has 8 heteroatoms. The molecule has 0 spiro atoms. The molecule has 1 aromatic heterocycles. The lowest BCUT2D eigenvalue weighted by Gasteiger charge is -2.08.